The standard InChI is InChI=1S/C18H20N2O/c1-14-3-8-18-15(13-14)9-11-20(18)10-2-12-21-17-6-4-16(19)5-7-17/h3-9,11,13H,2,10,12,19H2,1H3. The van der Waals surface area contributed by atoms with Crippen LogP contribution in [0.25, 0.3) is 10.9 Å². The van der Waals surface area contributed by atoms with Crippen molar-refractivity contribution in [3.8, 4) is 5.75 Å². The largest absolute Gasteiger partial charge is 0.494 e. The number of benzene rings is 2. The second-order valence-electron chi connectivity index (χ2n) is 5.34. The Kier molecular flexibility index (Phi) is 3.82. The van der Waals surface area contributed by atoms with E-state index in [9.17, 15) is 0 Å². The Morgan fingerprint density at radius 2 is 1.86 bits per heavy atom. The molecule has 0 fully saturated rings. The minimum atomic E-state index is 0.704. The molecule has 0 saturated heterocycles. The van der Waals surface area contributed by atoms with Crippen molar-refractivity contribution in [2.45, 2.75) is 19.9 Å². The van der Waals surface area contributed by atoms with Gasteiger partial charge in [0.2, 0.25) is 0 Å². The van der Waals surface area contributed by atoms with Gasteiger partial charge >= 0.3 is 0 Å². The number of nitrogen functional groups attached to an aromatic ring is 1. The smallest absolute Gasteiger partial charge is 0.119 e. The van der Waals surface area contributed by atoms with Crippen molar-refractivity contribution < 1.29 is 4.74 Å². The average molecular weight is 280 g/mol. The van der Waals surface area contributed by atoms with Gasteiger partial charge in [-0.15, -0.1) is 0 Å². The molecule has 1 aromatic heterocycles. The van der Waals surface area contributed by atoms with Crippen molar-refractivity contribution in [2.75, 3.05) is 12.3 Å². The Labute approximate surface area is 125 Å². The van der Waals surface area contributed by atoms with Gasteiger partial charge in [0.1, 0.15) is 5.75 Å². The van der Waals surface area contributed by atoms with Crippen LogP contribution in [0.3, 0.4) is 0 Å². The monoisotopic (exact) mass is 280 g/mol. The zero-order valence-electron chi connectivity index (χ0n) is 12.3. The summed E-state index contributed by atoms with van der Waals surface area (Å²) in [5.41, 5.74) is 8.99. The van der Waals surface area contributed by atoms with Gasteiger partial charge in [0, 0.05) is 23.9 Å². The van der Waals surface area contributed by atoms with Gasteiger partial charge in [-0.3, -0.25) is 0 Å². The van der Waals surface area contributed by atoms with Crippen LogP contribution >= 0.6 is 0 Å². The van der Waals surface area contributed by atoms with Gasteiger partial charge in [-0.2, -0.15) is 0 Å². The molecule has 0 unspecified atom stereocenters. The molecule has 0 bridgehead atoms. The third kappa shape index (κ3) is 3.19. The van der Waals surface area contributed by atoms with Crippen molar-refractivity contribution in [3.05, 3.63) is 60.3 Å². The van der Waals surface area contributed by atoms with Gasteiger partial charge in [0.05, 0.1) is 6.61 Å². The lowest BCUT2D eigenvalue weighted by Gasteiger charge is -2.08. The quantitative estimate of drug-likeness (QED) is 0.567. The Balaban J connectivity index is 1.56. The predicted octanol–water partition coefficient (Wildman–Crippen LogP) is 4.00. The molecular weight excluding hydrogens is 260 g/mol. The molecular formula is C18H20N2O. The minimum Gasteiger partial charge on any atom is -0.494 e. The van der Waals surface area contributed by atoms with Crippen molar-refractivity contribution >= 4 is 16.6 Å². The van der Waals surface area contributed by atoms with E-state index in [0.717, 1.165) is 24.4 Å². The van der Waals surface area contributed by atoms with E-state index in [1.54, 1.807) is 0 Å². The molecule has 1 heterocycles. The van der Waals surface area contributed by atoms with Crippen molar-refractivity contribution in [2.24, 2.45) is 0 Å². The lowest BCUT2D eigenvalue weighted by molar-refractivity contribution is 0.302. The zero-order chi connectivity index (χ0) is 14.7. The summed E-state index contributed by atoms with van der Waals surface area (Å²) in [6, 6.07) is 16.3. The van der Waals surface area contributed by atoms with Gasteiger partial charge in [0.15, 0.2) is 0 Å². The lowest BCUT2D eigenvalue weighted by Crippen LogP contribution is -2.03. The summed E-state index contributed by atoms with van der Waals surface area (Å²) in [4.78, 5) is 0. The summed E-state index contributed by atoms with van der Waals surface area (Å²) in [5, 5.41) is 1.30. The van der Waals surface area contributed by atoms with Crippen LogP contribution in [0.1, 0.15) is 12.0 Å². The summed E-state index contributed by atoms with van der Waals surface area (Å²) in [7, 11) is 0. The molecule has 0 saturated carbocycles. The van der Waals surface area contributed by atoms with Crippen molar-refractivity contribution in [1.82, 2.24) is 4.57 Å². The summed E-state index contributed by atoms with van der Waals surface area (Å²) < 4.78 is 8.00. The number of nitrogens with two attached hydrogens (primary N) is 1. The van der Waals surface area contributed by atoms with Crippen LogP contribution in [-0.4, -0.2) is 11.2 Å². The van der Waals surface area contributed by atoms with Crippen LogP contribution in [0.5, 0.6) is 5.75 Å². The highest BCUT2D eigenvalue weighted by Gasteiger charge is 2.01. The van der Waals surface area contributed by atoms with Crippen LogP contribution in [0.15, 0.2) is 54.7 Å². The van der Waals surface area contributed by atoms with Crippen molar-refractivity contribution in [1.29, 1.82) is 0 Å². The maximum absolute atomic E-state index is 5.72. The first-order valence-electron chi connectivity index (χ1n) is 7.26. The van der Waals surface area contributed by atoms with Gasteiger partial charge in [0.25, 0.3) is 0 Å². The molecule has 3 heteroatoms. The number of rotatable bonds is 5. The van der Waals surface area contributed by atoms with E-state index in [-0.39, 0.29) is 0 Å². The molecule has 3 nitrogen and oxygen atoms in total. The van der Waals surface area contributed by atoms with E-state index < -0.39 is 0 Å². The van der Waals surface area contributed by atoms with Gasteiger partial charge in [-0.1, -0.05) is 11.6 Å². The molecule has 108 valence electrons. The van der Waals surface area contributed by atoms with Crippen LogP contribution in [0.4, 0.5) is 5.69 Å². The molecule has 0 radical (unpaired) electrons. The van der Waals surface area contributed by atoms with E-state index in [1.165, 1.54) is 16.5 Å². The second-order valence-corrected chi connectivity index (χ2v) is 5.34. The first-order valence-corrected chi connectivity index (χ1v) is 7.26. The molecule has 3 aromatic rings. The third-order valence-electron chi connectivity index (χ3n) is 3.62. The van der Waals surface area contributed by atoms with Crippen LogP contribution in [0.2, 0.25) is 0 Å². The SMILES string of the molecule is Cc1ccc2c(ccn2CCCOc2ccc(N)cc2)c1. The number of fused-ring (bicyclic) bond motifs is 1. The van der Waals surface area contributed by atoms with E-state index in [2.05, 4.69) is 42.0 Å². The highest BCUT2D eigenvalue weighted by atomic mass is 16.5. The Bertz CT molecular complexity index is 729. The summed E-state index contributed by atoms with van der Waals surface area (Å²) in [6.45, 7) is 3.79. The number of aryl methyl sites for hydroxylation is 2. The minimum absolute atomic E-state index is 0.704. The molecule has 0 aliphatic rings. The normalized spacial score (nSPS) is 10.9. The Morgan fingerprint density at radius 3 is 2.67 bits per heavy atom. The molecule has 3 rings (SSSR count). The number of aromatic nitrogens is 1. The van der Waals surface area contributed by atoms with Gasteiger partial charge in [-0.25, -0.2) is 0 Å². The Morgan fingerprint density at radius 1 is 1.05 bits per heavy atom. The number of hydrogen-bond donors (Lipinski definition) is 1. The molecule has 21 heavy (non-hydrogen) atoms. The third-order valence-corrected chi connectivity index (χ3v) is 3.62. The molecule has 0 aliphatic heterocycles. The number of nitrogens with zero attached hydrogens (tertiary/aromatic N) is 1. The topological polar surface area (TPSA) is 40.2 Å². The average Bonchev–Trinajstić information content (AvgIpc) is 2.87. The maximum atomic E-state index is 5.72. The van der Waals surface area contributed by atoms with E-state index in [4.69, 9.17) is 10.5 Å². The highest BCUT2D eigenvalue weighted by Crippen LogP contribution is 2.18. The Hall–Kier alpha value is -2.42. The number of hydrogen-bond acceptors (Lipinski definition) is 2. The lowest BCUT2D eigenvalue weighted by atomic mass is 10.2. The van der Waals surface area contributed by atoms with E-state index in [1.807, 2.05) is 24.3 Å². The number of anilines is 1. The zero-order valence-corrected chi connectivity index (χ0v) is 12.3. The highest BCUT2D eigenvalue weighted by molar-refractivity contribution is 5.80. The predicted molar refractivity (Wildman–Crippen MR) is 87.6 cm³/mol. The van der Waals surface area contributed by atoms with Gasteiger partial charge in [-0.05, 0) is 61.2 Å². The van der Waals surface area contributed by atoms with Crippen LogP contribution in [0, 0.1) is 6.92 Å². The van der Waals surface area contributed by atoms with Crippen LogP contribution in [-0.2, 0) is 6.54 Å². The summed E-state index contributed by atoms with van der Waals surface area (Å²) >= 11 is 0. The summed E-state index contributed by atoms with van der Waals surface area (Å²) in [5.74, 6) is 0.872. The fraction of sp³-hybridized carbons (Fsp3) is 0.222. The van der Waals surface area contributed by atoms with Crippen molar-refractivity contribution in [3.63, 3.8) is 0 Å². The maximum Gasteiger partial charge on any atom is 0.119 e. The van der Waals surface area contributed by atoms with Crippen LogP contribution < -0.4 is 10.5 Å². The molecule has 0 aliphatic carbocycles. The molecule has 0 amide bonds. The first kappa shape index (κ1) is 13.6. The fourth-order valence-electron chi connectivity index (χ4n) is 2.50. The molecule has 0 spiro atoms. The van der Waals surface area contributed by atoms with Gasteiger partial charge < -0.3 is 15.0 Å². The molecule has 0 atom stereocenters. The number of ether oxygens (including phenoxy) is 1. The van der Waals surface area contributed by atoms with E-state index in [0.29, 0.717) is 6.61 Å². The summed E-state index contributed by atoms with van der Waals surface area (Å²) in [6.07, 6.45) is 3.12. The second kappa shape index (κ2) is 5.92. The van der Waals surface area contributed by atoms with E-state index >= 15 is 0 Å². The molecule has 2 N–H and O–H groups in total. The molecule has 2 aromatic carbocycles. The fourth-order valence-corrected chi connectivity index (χ4v) is 2.50. The first-order chi connectivity index (χ1) is 10.2.